The number of carbonyl (C=O) groups is 1. The van der Waals surface area contributed by atoms with Crippen molar-refractivity contribution in [3.63, 3.8) is 0 Å². The monoisotopic (exact) mass is 244 g/mol. The number of hydrogen-bond donors (Lipinski definition) is 0. The van der Waals surface area contributed by atoms with Crippen LogP contribution in [0.15, 0.2) is 18.0 Å². The van der Waals surface area contributed by atoms with Gasteiger partial charge >= 0.3 is 5.97 Å². The fourth-order valence-electron chi connectivity index (χ4n) is 1.43. The maximum Gasteiger partial charge on any atom is 0.333 e. The van der Waals surface area contributed by atoms with Gasteiger partial charge in [-0.2, -0.15) is 10.5 Å². The summed E-state index contributed by atoms with van der Waals surface area (Å²) in [5.41, 5.74) is 0.796. The molecule has 18 heavy (non-hydrogen) atoms. The van der Waals surface area contributed by atoms with Crippen molar-refractivity contribution in [1.82, 2.24) is 9.55 Å². The van der Waals surface area contributed by atoms with Gasteiger partial charge in [0.15, 0.2) is 11.4 Å². The largest absolute Gasteiger partial charge is 0.466 e. The van der Waals surface area contributed by atoms with Crippen molar-refractivity contribution in [2.75, 3.05) is 7.11 Å². The van der Waals surface area contributed by atoms with Crippen molar-refractivity contribution < 1.29 is 9.53 Å². The summed E-state index contributed by atoms with van der Waals surface area (Å²) in [4.78, 5) is 15.2. The summed E-state index contributed by atoms with van der Waals surface area (Å²) < 4.78 is 6.14. The van der Waals surface area contributed by atoms with E-state index >= 15 is 0 Å². The van der Waals surface area contributed by atoms with Gasteiger partial charge in [0.1, 0.15) is 12.1 Å². The lowest BCUT2D eigenvalue weighted by molar-refractivity contribution is -0.136. The minimum atomic E-state index is -0.392. The summed E-state index contributed by atoms with van der Waals surface area (Å²) in [7, 11) is 1.32. The Morgan fingerprint density at radius 1 is 1.56 bits per heavy atom. The molecule has 0 N–H and O–H groups in total. The van der Waals surface area contributed by atoms with Crippen LogP contribution >= 0.6 is 0 Å². The zero-order valence-electron chi connectivity index (χ0n) is 10.2. The van der Waals surface area contributed by atoms with Crippen LogP contribution in [-0.4, -0.2) is 22.6 Å². The first-order valence-corrected chi connectivity index (χ1v) is 5.30. The molecule has 0 saturated heterocycles. The molecule has 1 heterocycles. The van der Waals surface area contributed by atoms with Crippen LogP contribution in [0.2, 0.25) is 0 Å². The van der Waals surface area contributed by atoms with E-state index in [1.54, 1.807) is 6.08 Å². The maximum atomic E-state index is 11.3. The number of ether oxygens (including phenoxy) is 1. The maximum absolute atomic E-state index is 11.3. The summed E-state index contributed by atoms with van der Waals surface area (Å²) in [6.07, 6.45) is 3.60. The summed E-state index contributed by atoms with van der Waals surface area (Å²) in [5, 5.41) is 17.7. The average molecular weight is 244 g/mol. The molecule has 1 rings (SSSR count). The molecule has 0 aliphatic carbocycles. The van der Waals surface area contributed by atoms with Gasteiger partial charge in [-0.25, -0.2) is 9.78 Å². The number of nitrogens with zero attached hydrogens (tertiary/aromatic N) is 4. The molecule has 0 saturated carbocycles. The Kier molecular flexibility index (Phi) is 4.65. The molecular formula is C12H12N4O2. The standard InChI is InChI=1S/C12H12N4O2/c1-3-9(12(17)18-2)4-5-16-8-15-10(6-13)11(16)7-14/h4,8H,3,5H2,1-2H3. The zero-order valence-corrected chi connectivity index (χ0v) is 10.2. The van der Waals surface area contributed by atoms with Crippen molar-refractivity contribution in [1.29, 1.82) is 10.5 Å². The van der Waals surface area contributed by atoms with E-state index in [1.165, 1.54) is 18.0 Å². The smallest absolute Gasteiger partial charge is 0.333 e. The summed E-state index contributed by atoms with van der Waals surface area (Å²) in [6.45, 7) is 2.14. The number of rotatable bonds is 4. The number of nitriles is 2. The molecule has 1 aromatic rings. The first kappa shape index (κ1) is 13.5. The van der Waals surface area contributed by atoms with E-state index in [2.05, 4.69) is 9.72 Å². The van der Waals surface area contributed by atoms with Crippen molar-refractivity contribution in [2.24, 2.45) is 0 Å². The molecule has 92 valence electrons. The highest BCUT2D eigenvalue weighted by molar-refractivity contribution is 5.88. The molecule has 0 unspecified atom stereocenters. The lowest BCUT2D eigenvalue weighted by Gasteiger charge is -2.03. The number of methoxy groups -OCH3 is 1. The van der Waals surface area contributed by atoms with Gasteiger partial charge in [0.2, 0.25) is 0 Å². The fraction of sp³-hybridized carbons (Fsp3) is 0.333. The normalized spacial score (nSPS) is 10.6. The number of hydrogen-bond acceptors (Lipinski definition) is 5. The van der Waals surface area contributed by atoms with Gasteiger partial charge in [-0.1, -0.05) is 13.0 Å². The molecule has 0 amide bonds. The average Bonchev–Trinajstić information content (AvgIpc) is 2.80. The predicted molar refractivity (Wildman–Crippen MR) is 62.0 cm³/mol. The number of allylic oxidation sites excluding steroid dienone is 1. The molecule has 0 radical (unpaired) electrons. The van der Waals surface area contributed by atoms with E-state index in [1.807, 2.05) is 19.1 Å². The minimum Gasteiger partial charge on any atom is -0.466 e. The first-order chi connectivity index (χ1) is 8.67. The van der Waals surface area contributed by atoms with Crippen LogP contribution in [0, 0.1) is 22.7 Å². The molecule has 0 atom stereocenters. The van der Waals surface area contributed by atoms with Gasteiger partial charge in [0.25, 0.3) is 0 Å². The Bertz CT molecular complexity index is 558. The Labute approximate surface area is 105 Å². The molecule has 1 aromatic heterocycles. The zero-order chi connectivity index (χ0) is 13.5. The minimum absolute atomic E-state index is 0.0852. The fourth-order valence-corrected chi connectivity index (χ4v) is 1.43. The van der Waals surface area contributed by atoms with Gasteiger partial charge < -0.3 is 9.30 Å². The molecule has 0 spiro atoms. The Balaban J connectivity index is 2.96. The second-order valence-electron chi connectivity index (χ2n) is 3.39. The van der Waals surface area contributed by atoms with Crippen molar-refractivity contribution >= 4 is 5.97 Å². The van der Waals surface area contributed by atoms with E-state index in [0.717, 1.165) is 0 Å². The van der Waals surface area contributed by atoms with Gasteiger partial charge in [-0.05, 0) is 6.42 Å². The second kappa shape index (κ2) is 6.21. The van der Waals surface area contributed by atoms with Crippen LogP contribution in [0.4, 0.5) is 0 Å². The van der Waals surface area contributed by atoms with E-state index in [9.17, 15) is 4.79 Å². The van der Waals surface area contributed by atoms with Crippen molar-refractivity contribution in [3.8, 4) is 12.1 Å². The van der Waals surface area contributed by atoms with E-state index in [0.29, 0.717) is 18.5 Å². The molecule has 0 fully saturated rings. The van der Waals surface area contributed by atoms with E-state index in [-0.39, 0.29) is 11.4 Å². The van der Waals surface area contributed by atoms with Crippen LogP contribution < -0.4 is 0 Å². The number of imidazole rings is 1. The van der Waals surface area contributed by atoms with Crippen molar-refractivity contribution in [2.45, 2.75) is 19.9 Å². The SMILES string of the molecule is CCC(=CCn1cnc(C#N)c1C#N)C(=O)OC. The number of esters is 1. The van der Waals surface area contributed by atoms with Crippen LogP contribution in [0.1, 0.15) is 24.7 Å². The number of carbonyl (C=O) groups excluding carboxylic acids is 1. The second-order valence-corrected chi connectivity index (χ2v) is 3.39. The Hall–Kier alpha value is -2.60. The molecular weight excluding hydrogens is 232 g/mol. The quantitative estimate of drug-likeness (QED) is 0.585. The van der Waals surface area contributed by atoms with Gasteiger partial charge in [0, 0.05) is 12.1 Å². The van der Waals surface area contributed by atoms with E-state index in [4.69, 9.17) is 10.5 Å². The Morgan fingerprint density at radius 2 is 2.28 bits per heavy atom. The third-order valence-electron chi connectivity index (χ3n) is 2.41. The molecule has 0 aliphatic rings. The molecule has 6 nitrogen and oxygen atoms in total. The lowest BCUT2D eigenvalue weighted by atomic mass is 10.2. The highest BCUT2D eigenvalue weighted by Gasteiger charge is 2.10. The molecule has 0 aliphatic heterocycles. The third-order valence-corrected chi connectivity index (χ3v) is 2.41. The highest BCUT2D eigenvalue weighted by atomic mass is 16.5. The predicted octanol–water partition coefficient (Wildman–Crippen LogP) is 1.14. The van der Waals surface area contributed by atoms with Crippen LogP contribution in [0.5, 0.6) is 0 Å². The van der Waals surface area contributed by atoms with Crippen LogP contribution in [0.25, 0.3) is 0 Å². The van der Waals surface area contributed by atoms with E-state index < -0.39 is 5.97 Å². The summed E-state index contributed by atoms with van der Waals surface area (Å²) in [5.74, 6) is -0.392. The lowest BCUT2D eigenvalue weighted by Crippen LogP contribution is -2.06. The van der Waals surface area contributed by atoms with Crippen LogP contribution in [0.3, 0.4) is 0 Å². The van der Waals surface area contributed by atoms with Gasteiger partial charge in [-0.3, -0.25) is 0 Å². The first-order valence-electron chi connectivity index (χ1n) is 5.30. The molecule has 6 heteroatoms. The van der Waals surface area contributed by atoms with Gasteiger partial charge in [-0.15, -0.1) is 0 Å². The van der Waals surface area contributed by atoms with Crippen LogP contribution in [-0.2, 0) is 16.1 Å². The van der Waals surface area contributed by atoms with Gasteiger partial charge in [0.05, 0.1) is 13.4 Å². The Morgan fingerprint density at radius 3 is 2.78 bits per heavy atom. The van der Waals surface area contributed by atoms with Crippen molar-refractivity contribution in [3.05, 3.63) is 29.4 Å². The summed E-state index contributed by atoms with van der Waals surface area (Å²) >= 11 is 0. The number of aromatic nitrogens is 2. The third kappa shape index (κ3) is 2.74. The topological polar surface area (TPSA) is 91.7 Å². The summed E-state index contributed by atoms with van der Waals surface area (Å²) in [6, 6.07) is 3.75. The molecule has 0 aromatic carbocycles. The highest BCUT2D eigenvalue weighted by Crippen LogP contribution is 2.08. The molecule has 0 bridgehead atoms.